The lowest BCUT2D eigenvalue weighted by atomic mass is 10.0. The fourth-order valence-corrected chi connectivity index (χ4v) is 1.91. The highest BCUT2D eigenvalue weighted by Gasteiger charge is 2.15. The quantitative estimate of drug-likeness (QED) is 0.383. The van der Waals surface area contributed by atoms with Gasteiger partial charge in [0.2, 0.25) is 0 Å². The van der Waals surface area contributed by atoms with Crippen LogP contribution in [-0.2, 0) is 14.3 Å². The Morgan fingerprint density at radius 3 is 2.38 bits per heavy atom. The van der Waals surface area contributed by atoms with E-state index in [0.717, 1.165) is 19.6 Å². The van der Waals surface area contributed by atoms with E-state index in [-0.39, 0.29) is 18.0 Å². The number of rotatable bonds is 9. The van der Waals surface area contributed by atoms with Crippen molar-refractivity contribution in [3.05, 3.63) is 0 Å². The Kier molecular flexibility index (Phi) is 10.7. The number of aliphatic imine (C=N–C) groups is 1. The molecule has 2 unspecified atom stereocenters. The van der Waals surface area contributed by atoms with Crippen molar-refractivity contribution in [2.75, 3.05) is 33.9 Å². The van der Waals surface area contributed by atoms with Gasteiger partial charge in [-0.15, -0.1) is 0 Å². The van der Waals surface area contributed by atoms with Gasteiger partial charge in [0.15, 0.2) is 5.96 Å². The first-order valence-electron chi connectivity index (χ1n) is 7.60. The van der Waals surface area contributed by atoms with Crippen LogP contribution >= 0.6 is 0 Å². The Balaban J connectivity index is 4.08. The van der Waals surface area contributed by atoms with Gasteiger partial charge in [-0.25, -0.2) is 0 Å². The summed E-state index contributed by atoms with van der Waals surface area (Å²) < 4.78 is 10.4. The number of methoxy groups -OCH3 is 1. The largest absolute Gasteiger partial charge is 0.469 e. The molecule has 0 aliphatic rings. The summed E-state index contributed by atoms with van der Waals surface area (Å²) in [6, 6.07) is 0. The summed E-state index contributed by atoms with van der Waals surface area (Å²) in [7, 11) is 3.10. The van der Waals surface area contributed by atoms with Crippen LogP contribution < -0.4 is 10.6 Å². The zero-order valence-electron chi connectivity index (χ0n) is 14.2. The number of hydrogen-bond donors (Lipinski definition) is 2. The number of nitrogens with zero attached hydrogens (tertiary/aromatic N) is 1. The van der Waals surface area contributed by atoms with Crippen LogP contribution in [0.1, 0.15) is 34.1 Å². The van der Waals surface area contributed by atoms with Crippen molar-refractivity contribution in [3.63, 3.8) is 0 Å². The zero-order chi connectivity index (χ0) is 16.3. The molecule has 0 bridgehead atoms. The first-order valence-corrected chi connectivity index (χ1v) is 7.60. The third kappa shape index (κ3) is 8.55. The fourth-order valence-electron chi connectivity index (χ4n) is 1.91. The summed E-state index contributed by atoms with van der Waals surface area (Å²) in [6.45, 7) is 10.1. The van der Waals surface area contributed by atoms with Gasteiger partial charge in [-0.3, -0.25) is 9.79 Å². The van der Waals surface area contributed by atoms with E-state index < -0.39 is 0 Å². The second-order valence-electron chi connectivity index (χ2n) is 5.33. The maximum Gasteiger partial charge on any atom is 0.310 e. The molecule has 2 atom stereocenters. The van der Waals surface area contributed by atoms with Crippen LogP contribution in [0.3, 0.4) is 0 Å². The molecule has 0 radical (unpaired) electrons. The molecule has 0 aliphatic heterocycles. The van der Waals surface area contributed by atoms with Crippen LogP contribution in [0.25, 0.3) is 0 Å². The molecule has 0 aromatic heterocycles. The van der Waals surface area contributed by atoms with Crippen LogP contribution in [0.4, 0.5) is 0 Å². The van der Waals surface area contributed by atoms with Crippen molar-refractivity contribution in [1.82, 2.24) is 10.6 Å². The molecule has 6 nitrogen and oxygen atoms in total. The average Bonchev–Trinajstić information content (AvgIpc) is 2.47. The number of nitrogens with one attached hydrogen (secondary N) is 2. The molecule has 0 aromatic carbocycles. The van der Waals surface area contributed by atoms with Gasteiger partial charge in [-0.05, 0) is 19.3 Å². The van der Waals surface area contributed by atoms with Gasteiger partial charge < -0.3 is 20.1 Å². The van der Waals surface area contributed by atoms with E-state index in [1.165, 1.54) is 7.11 Å². The summed E-state index contributed by atoms with van der Waals surface area (Å²) in [6.07, 6.45) is 1.16. The molecule has 0 heterocycles. The van der Waals surface area contributed by atoms with Crippen LogP contribution in [-0.4, -0.2) is 51.9 Å². The average molecular weight is 301 g/mol. The maximum absolute atomic E-state index is 11.3. The maximum atomic E-state index is 11.3. The Morgan fingerprint density at radius 1 is 1.24 bits per heavy atom. The Bertz CT molecular complexity index is 319. The van der Waals surface area contributed by atoms with Crippen LogP contribution in [0, 0.1) is 11.8 Å². The van der Waals surface area contributed by atoms with E-state index in [2.05, 4.69) is 34.2 Å². The van der Waals surface area contributed by atoms with Gasteiger partial charge in [0, 0.05) is 26.7 Å². The monoisotopic (exact) mass is 301 g/mol. The number of hydrogen-bond acceptors (Lipinski definition) is 4. The van der Waals surface area contributed by atoms with Crippen molar-refractivity contribution in [2.45, 2.75) is 40.2 Å². The third-order valence-corrected chi connectivity index (χ3v) is 3.25. The Hall–Kier alpha value is -1.30. The van der Waals surface area contributed by atoms with Gasteiger partial charge in [0.05, 0.1) is 19.1 Å². The van der Waals surface area contributed by atoms with Crippen molar-refractivity contribution in [2.24, 2.45) is 16.8 Å². The summed E-state index contributed by atoms with van der Waals surface area (Å²) in [4.78, 5) is 15.5. The predicted molar refractivity (Wildman–Crippen MR) is 85.4 cm³/mol. The zero-order valence-corrected chi connectivity index (χ0v) is 14.2. The number of ether oxygens (including phenoxy) is 2. The molecular formula is C15H31N3O3. The Morgan fingerprint density at radius 2 is 1.90 bits per heavy atom. The number of esters is 1. The number of guanidine groups is 1. The van der Waals surface area contributed by atoms with Crippen LogP contribution in [0.2, 0.25) is 0 Å². The molecule has 2 N–H and O–H groups in total. The van der Waals surface area contributed by atoms with Crippen molar-refractivity contribution >= 4 is 11.9 Å². The minimum absolute atomic E-state index is 0.208. The van der Waals surface area contributed by atoms with Crippen LogP contribution in [0.5, 0.6) is 0 Å². The van der Waals surface area contributed by atoms with Gasteiger partial charge in [-0.2, -0.15) is 0 Å². The lowest BCUT2D eigenvalue weighted by Gasteiger charge is -2.21. The molecule has 0 aromatic rings. The second kappa shape index (κ2) is 11.4. The van der Waals surface area contributed by atoms with E-state index in [4.69, 9.17) is 4.74 Å². The molecule has 0 saturated carbocycles. The molecule has 21 heavy (non-hydrogen) atoms. The fraction of sp³-hybridized carbons (Fsp3) is 0.867. The molecule has 0 fully saturated rings. The highest BCUT2D eigenvalue weighted by atomic mass is 16.5. The SMILES string of the molecule is CCOC(CCNC(=NC)NCC(C)C(=O)OC)C(C)C. The first kappa shape index (κ1) is 19.7. The Labute approximate surface area is 128 Å². The van der Waals surface area contributed by atoms with Gasteiger partial charge in [0.1, 0.15) is 0 Å². The van der Waals surface area contributed by atoms with Crippen LogP contribution in [0.15, 0.2) is 4.99 Å². The highest BCUT2D eigenvalue weighted by molar-refractivity contribution is 5.80. The first-order chi connectivity index (χ1) is 9.96. The summed E-state index contributed by atoms with van der Waals surface area (Å²) in [5.74, 6) is 0.736. The number of carbonyl (C=O) groups excluding carboxylic acids is 1. The molecule has 0 saturated heterocycles. The minimum Gasteiger partial charge on any atom is -0.469 e. The van der Waals surface area contributed by atoms with E-state index in [0.29, 0.717) is 18.4 Å². The normalized spacial score (nSPS) is 14.7. The lowest BCUT2D eigenvalue weighted by Crippen LogP contribution is -2.42. The molecular weight excluding hydrogens is 270 g/mol. The van der Waals surface area contributed by atoms with Crippen molar-refractivity contribution in [1.29, 1.82) is 0 Å². The van der Waals surface area contributed by atoms with E-state index in [9.17, 15) is 4.79 Å². The van der Waals surface area contributed by atoms with Crippen molar-refractivity contribution in [3.8, 4) is 0 Å². The molecule has 0 rings (SSSR count). The molecule has 0 spiro atoms. The molecule has 0 amide bonds. The standard InChI is InChI=1S/C15H31N3O3/c1-7-21-13(11(2)3)8-9-17-15(16-5)18-10-12(4)14(19)20-6/h11-13H,7-10H2,1-6H3,(H2,16,17,18). The highest BCUT2D eigenvalue weighted by Crippen LogP contribution is 2.09. The molecule has 0 aliphatic carbocycles. The summed E-state index contributed by atoms with van der Waals surface area (Å²) in [5.41, 5.74) is 0. The summed E-state index contributed by atoms with van der Waals surface area (Å²) >= 11 is 0. The van der Waals surface area contributed by atoms with E-state index >= 15 is 0 Å². The topological polar surface area (TPSA) is 72.0 Å². The molecule has 6 heteroatoms. The van der Waals surface area contributed by atoms with Gasteiger partial charge in [-0.1, -0.05) is 20.8 Å². The van der Waals surface area contributed by atoms with E-state index in [1.807, 2.05) is 13.8 Å². The van der Waals surface area contributed by atoms with E-state index in [1.54, 1.807) is 7.05 Å². The lowest BCUT2D eigenvalue weighted by molar-refractivity contribution is -0.144. The minimum atomic E-state index is -0.228. The molecule has 124 valence electrons. The number of carbonyl (C=O) groups is 1. The predicted octanol–water partition coefficient (Wildman–Crippen LogP) is 1.41. The van der Waals surface area contributed by atoms with Gasteiger partial charge >= 0.3 is 5.97 Å². The van der Waals surface area contributed by atoms with Gasteiger partial charge in [0.25, 0.3) is 0 Å². The second-order valence-corrected chi connectivity index (χ2v) is 5.33. The summed E-state index contributed by atoms with van der Waals surface area (Å²) in [5, 5.41) is 6.35. The third-order valence-electron chi connectivity index (χ3n) is 3.25. The van der Waals surface area contributed by atoms with Crippen molar-refractivity contribution < 1.29 is 14.3 Å². The smallest absolute Gasteiger partial charge is 0.310 e.